The average Bonchev–Trinajstić information content (AvgIpc) is 2.47. The van der Waals surface area contributed by atoms with Crippen LogP contribution in [0.1, 0.15) is 62.0 Å². The molecule has 0 saturated heterocycles. The van der Waals surface area contributed by atoms with Gasteiger partial charge < -0.3 is 4.79 Å². The van der Waals surface area contributed by atoms with Gasteiger partial charge in [-0.25, -0.2) is 0 Å². The van der Waals surface area contributed by atoms with Gasteiger partial charge in [-0.05, 0) is 36.3 Å². The Labute approximate surface area is 115 Å². The van der Waals surface area contributed by atoms with Crippen LogP contribution in [-0.2, 0) is 16.0 Å². The second-order valence-corrected chi connectivity index (χ2v) is 5.49. The Hall–Kier alpha value is -1.44. The molecule has 0 amide bonds. The van der Waals surface area contributed by atoms with Gasteiger partial charge in [0, 0.05) is 6.42 Å². The molecule has 1 aromatic rings. The maximum absolute atomic E-state index is 11.3. The summed E-state index contributed by atoms with van der Waals surface area (Å²) in [4.78, 5) is 21.5. The number of aryl methyl sites for hydroxylation is 1. The Balaban J connectivity index is 1.87. The molecule has 1 fully saturated rings. The van der Waals surface area contributed by atoms with Crippen LogP contribution in [0.25, 0.3) is 0 Å². The molecule has 2 rings (SSSR count). The Morgan fingerprint density at radius 1 is 1.11 bits per heavy atom. The average molecular weight is 258 g/mol. The zero-order chi connectivity index (χ0) is 13.5. The molecule has 0 aromatic heterocycles. The van der Waals surface area contributed by atoms with E-state index in [0.717, 1.165) is 12.3 Å². The van der Waals surface area contributed by atoms with Crippen LogP contribution in [0, 0.1) is 0 Å². The molecule has 0 spiro atoms. The number of hydrogen-bond acceptors (Lipinski definition) is 2. The normalized spacial score (nSPS) is 16.2. The van der Waals surface area contributed by atoms with Gasteiger partial charge in [0.2, 0.25) is 0 Å². The van der Waals surface area contributed by atoms with Crippen molar-refractivity contribution in [2.24, 2.45) is 0 Å². The quantitative estimate of drug-likeness (QED) is 0.574. The van der Waals surface area contributed by atoms with E-state index in [1.165, 1.54) is 43.2 Å². The molecule has 0 bridgehead atoms. The minimum atomic E-state index is 0.0337. The fraction of sp³-hybridized carbons (Fsp3) is 0.529. The third kappa shape index (κ3) is 4.30. The summed E-state index contributed by atoms with van der Waals surface area (Å²) in [6, 6.07) is 8.71. The molecule has 19 heavy (non-hydrogen) atoms. The topological polar surface area (TPSA) is 34.1 Å². The molecule has 0 N–H and O–H groups in total. The number of Topliss-reactive ketones (excluding diaryl/α,β-unsaturated/α-hetero) is 1. The zero-order valence-electron chi connectivity index (χ0n) is 11.4. The fourth-order valence-corrected chi connectivity index (χ4v) is 2.87. The third-order valence-corrected chi connectivity index (χ3v) is 4.06. The summed E-state index contributed by atoms with van der Waals surface area (Å²) in [6.45, 7) is 0. The van der Waals surface area contributed by atoms with Crippen molar-refractivity contribution in [2.45, 2.75) is 57.3 Å². The molecule has 1 aliphatic carbocycles. The van der Waals surface area contributed by atoms with Crippen LogP contribution in [0.2, 0.25) is 0 Å². The van der Waals surface area contributed by atoms with Crippen molar-refractivity contribution in [3.05, 3.63) is 35.4 Å². The van der Waals surface area contributed by atoms with Crippen LogP contribution in [0.4, 0.5) is 0 Å². The lowest BCUT2D eigenvalue weighted by molar-refractivity contribution is -0.122. The smallest absolute Gasteiger partial charge is 0.140 e. The fourth-order valence-electron chi connectivity index (χ4n) is 2.87. The van der Waals surface area contributed by atoms with Gasteiger partial charge in [-0.2, -0.15) is 0 Å². The van der Waals surface area contributed by atoms with Crippen molar-refractivity contribution >= 4 is 12.1 Å². The van der Waals surface area contributed by atoms with Gasteiger partial charge in [0.15, 0.2) is 0 Å². The molecule has 0 unspecified atom stereocenters. The zero-order valence-corrected chi connectivity index (χ0v) is 11.4. The number of aldehydes is 1. The molecule has 2 nitrogen and oxygen atoms in total. The first-order valence-electron chi connectivity index (χ1n) is 7.34. The van der Waals surface area contributed by atoms with Crippen molar-refractivity contribution < 1.29 is 9.59 Å². The second-order valence-electron chi connectivity index (χ2n) is 5.49. The lowest BCUT2D eigenvalue weighted by Crippen LogP contribution is -2.05. The standard InChI is InChI=1S/C17H22O2/c18-13-12-17(19)11-8-14-6-9-16(10-7-14)15-4-2-1-3-5-15/h6-7,9-10,13,15H,1-5,8,11-12H2. The van der Waals surface area contributed by atoms with Gasteiger partial charge in [0.1, 0.15) is 12.1 Å². The van der Waals surface area contributed by atoms with Gasteiger partial charge >= 0.3 is 0 Å². The van der Waals surface area contributed by atoms with Crippen molar-refractivity contribution in [1.82, 2.24) is 0 Å². The first-order chi connectivity index (χ1) is 9.29. The van der Waals surface area contributed by atoms with E-state index in [1.807, 2.05) is 0 Å². The Morgan fingerprint density at radius 2 is 1.79 bits per heavy atom. The minimum absolute atomic E-state index is 0.0337. The SMILES string of the molecule is O=CCC(=O)CCc1ccc(C2CCCCC2)cc1. The first-order valence-corrected chi connectivity index (χ1v) is 7.34. The van der Waals surface area contributed by atoms with Crippen molar-refractivity contribution in [3.63, 3.8) is 0 Å². The minimum Gasteiger partial charge on any atom is -0.303 e. The highest BCUT2D eigenvalue weighted by Gasteiger charge is 2.15. The van der Waals surface area contributed by atoms with E-state index in [9.17, 15) is 9.59 Å². The van der Waals surface area contributed by atoms with E-state index >= 15 is 0 Å². The Kier molecular flexibility index (Phi) is 5.31. The maximum atomic E-state index is 11.3. The summed E-state index contributed by atoms with van der Waals surface area (Å²) in [5.74, 6) is 0.769. The van der Waals surface area contributed by atoms with Crippen LogP contribution in [-0.4, -0.2) is 12.1 Å². The van der Waals surface area contributed by atoms with Gasteiger partial charge in [-0.1, -0.05) is 43.5 Å². The van der Waals surface area contributed by atoms with E-state index < -0.39 is 0 Å². The number of rotatable bonds is 6. The van der Waals surface area contributed by atoms with Crippen LogP contribution < -0.4 is 0 Å². The number of ketones is 1. The van der Waals surface area contributed by atoms with Crippen molar-refractivity contribution in [2.75, 3.05) is 0 Å². The number of benzene rings is 1. The molecule has 0 aliphatic heterocycles. The summed E-state index contributed by atoms with van der Waals surface area (Å²) in [5.41, 5.74) is 2.64. The molecule has 0 radical (unpaired) electrons. The maximum Gasteiger partial charge on any atom is 0.140 e. The Morgan fingerprint density at radius 3 is 2.42 bits per heavy atom. The molecule has 102 valence electrons. The highest BCUT2D eigenvalue weighted by Crippen LogP contribution is 2.32. The van der Waals surface area contributed by atoms with E-state index in [-0.39, 0.29) is 12.2 Å². The second kappa shape index (κ2) is 7.22. The van der Waals surface area contributed by atoms with E-state index in [1.54, 1.807) is 0 Å². The van der Waals surface area contributed by atoms with E-state index in [4.69, 9.17) is 0 Å². The molecular weight excluding hydrogens is 236 g/mol. The highest BCUT2D eigenvalue weighted by atomic mass is 16.1. The van der Waals surface area contributed by atoms with E-state index in [0.29, 0.717) is 12.7 Å². The number of carbonyl (C=O) groups excluding carboxylic acids is 2. The monoisotopic (exact) mass is 258 g/mol. The van der Waals surface area contributed by atoms with Crippen LogP contribution in [0.15, 0.2) is 24.3 Å². The predicted molar refractivity (Wildman–Crippen MR) is 76.3 cm³/mol. The Bertz CT molecular complexity index is 413. The van der Waals surface area contributed by atoms with Crippen LogP contribution in [0.3, 0.4) is 0 Å². The van der Waals surface area contributed by atoms with Gasteiger partial charge in [0.05, 0.1) is 6.42 Å². The molecular formula is C17H22O2. The number of hydrogen-bond donors (Lipinski definition) is 0. The first kappa shape index (κ1) is 14.0. The summed E-state index contributed by atoms with van der Waals surface area (Å²) >= 11 is 0. The van der Waals surface area contributed by atoms with Crippen molar-refractivity contribution in [1.29, 1.82) is 0 Å². The van der Waals surface area contributed by atoms with Crippen LogP contribution >= 0.6 is 0 Å². The third-order valence-electron chi connectivity index (χ3n) is 4.06. The lowest BCUT2D eigenvalue weighted by Gasteiger charge is -2.22. The van der Waals surface area contributed by atoms with Crippen LogP contribution in [0.5, 0.6) is 0 Å². The van der Waals surface area contributed by atoms with Gasteiger partial charge in [-0.15, -0.1) is 0 Å². The highest BCUT2D eigenvalue weighted by molar-refractivity contribution is 5.89. The van der Waals surface area contributed by atoms with Gasteiger partial charge in [0.25, 0.3) is 0 Å². The summed E-state index contributed by atoms with van der Waals surface area (Å²) < 4.78 is 0. The lowest BCUT2D eigenvalue weighted by atomic mass is 9.84. The summed E-state index contributed by atoms with van der Waals surface area (Å²) in [5, 5.41) is 0. The summed E-state index contributed by atoms with van der Waals surface area (Å²) in [7, 11) is 0. The molecule has 1 saturated carbocycles. The largest absolute Gasteiger partial charge is 0.303 e. The predicted octanol–water partition coefficient (Wildman–Crippen LogP) is 3.83. The van der Waals surface area contributed by atoms with Gasteiger partial charge in [-0.3, -0.25) is 4.79 Å². The molecule has 1 aliphatic rings. The van der Waals surface area contributed by atoms with Crippen molar-refractivity contribution in [3.8, 4) is 0 Å². The summed E-state index contributed by atoms with van der Waals surface area (Å²) in [6.07, 6.45) is 8.69. The number of carbonyl (C=O) groups is 2. The molecule has 0 heterocycles. The molecule has 0 atom stereocenters. The molecule has 1 aromatic carbocycles. The molecule has 2 heteroatoms. The van der Waals surface area contributed by atoms with E-state index in [2.05, 4.69) is 24.3 Å².